The van der Waals surface area contributed by atoms with Gasteiger partial charge in [0.05, 0.1) is 13.2 Å². The van der Waals surface area contributed by atoms with Gasteiger partial charge >= 0.3 is 0 Å². The molecular weight excluding hydrogens is 336 g/mol. The van der Waals surface area contributed by atoms with E-state index in [1.807, 2.05) is 30.3 Å². The number of aryl methyl sites for hydroxylation is 1. The summed E-state index contributed by atoms with van der Waals surface area (Å²) in [5.41, 5.74) is 0.775. The van der Waals surface area contributed by atoms with Crippen molar-refractivity contribution in [1.29, 1.82) is 0 Å². The zero-order valence-electron chi connectivity index (χ0n) is 15.2. The van der Waals surface area contributed by atoms with Gasteiger partial charge in [0.15, 0.2) is 5.82 Å². The van der Waals surface area contributed by atoms with Crippen molar-refractivity contribution >= 4 is 17.6 Å². The van der Waals surface area contributed by atoms with E-state index in [-0.39, 0.29) is 18.4 Å². The number of nitrogens with one attached hydrogen (secondary N) is 2. The predicted octanol–water partition coefficient (Wildman–Crippen LogP) is 1.36. The molecule has 1 unspecified atom stereocenters. The molecule has 0 fully saturated rings. The molecule has 0 bridgehead atoms. The highest BCUT2D eigenvalue weighted by atomic mass is 16.5. The highest BCUT2D eigenvalue weighted by Crippen LogP contribution is 2.21. The molecule has 2 aromatic rings. The van der Waals surface area contributed by atoms with Crippen molar-refractivity contribution in [1.82, 2.24) is 15.4 Å². The van der Waals surface area contributed by atoms with Crippen molar-refractivity contribution in [2.24, 2.45) is 0 Å². The lowest BCUT2D eigenvalue weighted by molar-refractivity contribution is -0.125. The molecule has 2 rings (SSSR count). The summed E-state index contributed by atoms with van der Waals surface area (Å²) in [6.45, 7) is 2.66. The van der Waals surface area contributed by atoms with Crippen LogP contribution in [0.2, 0.25) is 0 Å². The Labute approximate surface area is 152 Å². The first kappa shape index (κ1) is 19.6. The largest absolute Gasteiger partial charge is 0.383 e. The maximum atomic E-state index is 12.8. The van der Waals surface area contributed by atoms with Gasteiger partial charge in [-0.2, -0.15) is 0 Å². The van der Waals surface area contributed by atoms with E-state index >= 15 is 0 Å². The van der Waals surface area contributed by atoms with Crippen LogP contribution in [0.1, 0.15) is 17.4 Å². The zero-order valence-corrected chi connectivity index (χ0v) is 15.2. The molecule has 0 aliphatic rings. The minimum absolute atomic E-state index is 0.0640. The first-order valence-corrected chi connectivity index (χ1v) is 8.26. The number of benzene rings is 1. The third-order valence-electron chi connectivity index (χ3n) is 3.71. The fraction of sp³-hybridized carbons (Fsp3) is 0.389. The molecule has 8 nitrogen and oxygen atoms in total. The van der Waals surface area contributed by atoms with Crippen molar-refractivity contribution in [3.8, 4) is 0 Å². The van der Waals surface area contributed by atoms with Gasteiger partial charge in [0.1, 0.15) is 11.8 Å². The summed E-state index contributed by atoms with van der Waals surface area (Å²) in [4.78, 5) is 26.6. The van der Waals surface area contributed by atoms with Gasteiger partial charge < -0.3 is 19.9 Å². The van der Waals surface area contributed by atoms with Gasteiger partial charge in [-0.15, -0.1) is 0 Å². The standard InChI is InChI=1S/C18H24N4O4/c1-13-11-15(21-26-13)20-18(24)17(14-7-5-4-6-8-14)22(2)12-16(23)19-9-10-25-3/h4-8,11,17H,9-10,12H2,1-3H3,(H,19,23)(H,20,21,24). The van der Waals surface area contributed by atoms with Crippen LogP contribution >= 0.6 is 0 Å². The number of rotatable bonds is 9. The molecule has 2 N–H and O–H groups in total. The lowest BCUT2D eigenvalue weighted by atomic mass is 10.0. The predicted molar refractivity (Wildman–Crippen MR) is 96.6 cm³/mol. The lowest BCUT2D eigenvalue weighted by Gasteiger charge is -2.26. The first-order chi connectivity index (χ1) is 12.5. The fourth-order valence-corrected chi connectivity index (χ4v) is 2.53. The van der Waals surface area contributed by atoms with Crippen molar-refractivity contribution in [3.63, 3.8) is 0 Å². The average Bonchev–Trinajstić information content (AvgIpc) is 3.01. The number of likely N-dealkylation sites (N-methyl/N-ethyl adjacent to an activating group) is 1. The summed E-state index contributed by atoms with van der Waals surface area (Å²) in [6.07, 6.45) is 0. The quantitative estimate of drug-likeness (QED) is 0.656. The second-order valence-electron chi connectivity index (χ2n) is 5.88. The summed E-state index contributed by atoms with van der Waals surface area (Å²) in [6, 6.07) is 10.2. The van der Waals surface area contributed by atoms with E-state index in [1.54, 1.807) is 32.0 Å². The second-order valence-corrected chi connectivity index (χ2v) is 5.88. The minimum Gasteiger partial charge on any atom is -0.383 e. The van der Waals surface area contributed by atoms with E-state index < -0.39 is 6.04 Å². The Hall–Kier alpha value is -2.71. The molecule has 140 valence electrons. The highest BCUT2D eigenvalue weighted by molar-refractivity contribution is 5.95. The SMILES string of the molecule is COCCNC(=O)CN(C)C(C(=O)Nc1cc(C)on1)c1ccccc1. The van der Waals surface area contributed by atoms with Gasteiger partial charge in [0.25, 0.3) is 0 Å². The average molecular weight is 360 g/mol. The van der Waals surface area contributed by atoms with Gasteiger partial charge in [-0.1, -0.05) is 35.5 Å². The molecule has 1 aromatic heterocycles. The van der Waals surface area contributed by atoms with Crippen LogP contribution in [0.3, 0.4) is 0 Å². The van der Waals surface area contributed by atoms with E-state index in [4.69, 9.17) is 9.26 Å². The Kier molecular flexibility index (Phi) is 7.31. The number of carbonyl (C=O) groups excluding carboxylic acids is 2. The second kappa shape index (κ2) is 9.69. The van der Waals surface area contributed by atoms with Crippen LogP contribution in [0, 0.1) is 6.92 Å². The third kappa shape index (κ3) is 5.68. The maximum Gasteiger partial charge on any atom is 0.247 e. The summed E-state index contributed by atoms with van der Waals surface area (Å²) >= 11 is 0. The van der Waals surface area contributed by atoms with Gasteiger partial charge in [0.2, 0.25) is 11.8 Å². The van der Waals surface area contributed by atoms with Gasteiger partial charge in [0, 0.05) is 19.7 Å². The molecule has 1 heterocycles. The van der Waals surface area contributed by atoms with Gasteiger partial charge in [-0.3, -0.25) is 14.5 Å². The number of hydrogen-bond donors (Lipinski definition) is 2. The number of carbonyl (C=O) groups is 2. The summed E-state index contributed by atoms with van der Waals surface area (Å²) in [5.74, 6) is 0.459. The van der Waals surface area contributed by atoms with Crippen LogP contribution in [0.25, 0.3) is 0 Å². The molecule has 0 saturated heterocycles. The molecule has 8 heteroatoms. The summed E-state index contributed by atoms with van der Waals surface area (Å²) < 4.78 is 9.89. The molecule has 26 heavy (non-hydrogen) atoms. The molecule has 0 aliphatic heterocycles. The van der Waals surface area contributed by atoms with E-state index in [1.165, 1.54) is 0 Å². The lowest BCUT2D eigenvalue weighted by Crippen LogP contribution is -2.42. The van der Waals surface area contributed by atoms with E-state index in [9.17, 15) is 9.59 Å². The molecular formula is C18H24N4O4. The molecule has 0 saturated carbocycles. The van der Waals surface area contributed by atoms with Crippen molar-refractivity contribution in [3.05, 3.63) is 47.7 Å². The Balaban J connectivity index is 2.10. The van der Waals surface area contributed by atoms with Crippen molar-refractivity contribution < 1.29 is 18.8 Å². The minimum atomic E-state index is -0.651. The molecule has 1 atom stereocenters. The third-order valence-corrected chi connectivity index (χ3v) is 3.71. The Bertz CT molecular complexity index is 717. The first-order valence-electron chi connectivity index (χ1n) is 8.26. The monoisotopic (exact) mass is 360 g/mol. The Morgan fingerprint density at radius 1 is 1.31 bits per heavy atom. The fourth-order valence-electron chi connectivity index (χ4n) is 2.53. The van der Waals surface area contributed by atoms with Crippen LogP contribution in [0.5, 0.6) is 0 Å². The summed E-state index contributed by atoms with van der Waals surface area (Å²) in [5, 5.41) is 9.26. The number of hydrogen-bond acceptors (Lipinski definition) is 6. The number of nitrogens with zero attached hydrogens (tertiary/aromatic N) is 2. The number of aromatic nitrogens is 1. The number of methoxy groups -OCH3 is 1. The van der Waals surface area contributed by atoms with Gasteiger partial charge in [-0.25, -0.2) is 0 Å². The molecule has 0 radical (unpaired) electrons. The zero-order chi connectivity index (χ0) is 18.9. The van der Waals surface area contributed by atoms with Gasteiger partial charge in [-0.05, 0) is 19.5 Å². The van der Waals surface area contributed by atoms with Crippen LogP contribution in [-0.4, -0.2) is 55.7 Å². The number of anilines is 1. The summed E-state index contributed by atoms with van der Waals surface area (Å²) in [7, 11) is 3.29. The van der Waals surface area contributed by atoms with Crippen LogP contribution in [0.4, 0.5) is 5.82 Å². The topological polar surface area (TPSA) is 96.7 Å². The Morgan fingerprint density at radius 3 is 2.65 bits per heavy atom. The van der Waals surface area contributed by atoms with E-state index in [0.29, 0.717) is 24.7 Å². The molecule has 0 aliphatic carbocycles. The van der Waals surface area contributed by atoms with E-state index in [0.717, 1.165) is 5.56 Å². The van der Waals surface area contributed by atoms with Crippen LogP contribution < -0.4 is 10.6 Å². The van der Waals surface area contributed by atoms with E-state index in [2.05, 4.69) is 15.8 Å². The highest BCUT2D eigenvalue weighted by Gasteiger charge is 2.27. The van der Waals surface area contributed by atoms with Crippen LogP contribution in [0.15, 0.2) is 40.9 Å². The van der Waals surface area contributed by atoms with Crippen molar-refractivity contribution in [2.75, 3.05) is 39.2 Å². The Morgan fingerprint density at radius 2 is 2.04 bits per heavy atom. The maximum absolute atomic E-state index is 12.8. The van der Waals surface area contributed by atoms with Crippen LogP contribution in [-0.2, 0) is 14.3 Å². The normalized spacial score (nSPS) is 12.0. The number of ether oxygens (including phenoxy) is 1. The van der Waals surface area contributed by atoms with Crippen molar-refractivity contribution in [2.45, 2.75) is 13.0 Å². The molecule has 2 amide bonds. The molecule has 1 aromatic carbocycles. The smallest absolute Gasteiger partial charge is 0.247 e. The molecule has 0 spiro atoms. The number of amides is 2.